The van der Waals surface area contributed by atoms with Gasteiger partial charge in [0.05, 0.1) is 6.20 Å². The topological polar surface area (TPSA) is 62.3 Å². The minimum atomic E-state index is -3.63. The molecule has 1 aliphatic heterocycles. The molecule has 1 aromatic rings. The fourth-order valence-corrected chi connectivity index (χ4v) is 3.30. The van der Waals surface area contributed by atoms with Gasteiger partial charge in [0.2, 0.25) is 10.0 Å². The molecule has 0 saturated carbocycles. The van der Waals surface area contributed by atoms with Crippen LogP contribution in [0.2, 0.25) is 0 Å². The minimum Gasteiger partial charge on any atom is -0.312 e. The Morgan fingerprint density at radius 3 is 2.94 bits per heavy atom. The van der Waals surface area contributed by atoms with Crippen molar-refractivity contribution in [3.05, 3.63) is 24.3 Å². The lowest BCUT2D eigenvalue weighted by molar-refractivity contribution is 0.310. The zero-order valence-corrected chi connectivity index (χ0v) is 10.2. The lowest BCUT2D eigenvalue weighted by Gasteiger charge is -2.30. The number of hydrogen-bond acceptors (Lipinski definition) is 4. The minimum absolute atomic E-state index is 0.0911. The Kier molecular flexibility index (Phi) is 3.41. The molecule has 5 nitrogen and oxygen atoms in total. The number of hydrogen-bond donors (Lipinski definition) is 1. The summed E-state index contributed by atoms with van der Waals surface area (Å²) in [4.78, 5) is 3.48. The Morgan fingerprint density at radius 1 is 1.53 bits per heavy atom. The molecule has 2 heterocycles. The maximum atomic E-state index is 13.0. The van der Waals surface area contributed by atoms with Gasteiger partial charge in [-0.25, -0.2) is 12.8 Å². The third kappa shape index (κ3) is 2.62. The number of rotatable bonds is 2. The van der Waals surface area contributed by atoms with Crippen LogP contribution in [0, 0.1) is 5.82 Å². The van der Waals surface area contributed by atoms with E-state index in [0.29, 0.717) is 19.6 Å². The molecule has 0 aromatic carbocycles. The van der Waals surface area contributed by atoms with Gasteiger partial charge in [-0.2, -0.15) is 4.31 Å². The van der Waals surface area contributed by atoms with E-state index >= 15 is 0 Å². The fourth-order valence-electron chi connectivity index (χ4n) is 1.80. The Balaban J connectivity index is 2.29. The monoisotopic (exact) mass is 259 g/mol. The molecule has 0 unspecified atom stereocenters. The van der Waals surface area contributed by atoms with Crippen LogP contribution >= 0.6 is 0 Å². The maximum Gasteiger partial charge on any atom is 0.244 e. The van der Waals surface area contributed by atoms with Gasteiger partial charge < -0.3 is 5.32 Å². The molecule has 0 spiro atoms. The van der Waals surface area contributed by atoms with E-state index in [1.807, 2.05) is 6.92 Å². The maximum absolute atomic E-state index is 13.0. The molecule has 2 rings (SSSR count). The largest absolute Gasteiger partial charge is 0.312 e. The van der Waals surface area contributed by atoms with E-state index < -0.39 is 15.8 Å². The molecule has 1 fully saturated rings. The molecule has 0 aliphatic carbocycles. The summed E-state index contributed by atoms with van der Waals surface area (Å²) in [5.74, 6) is -0.644. The number of piperazine rings is 1. The van der Waals surface area contributed by atoms with E-state index in [1.165, 1.54) is 10.5 Å². The number of pyridine rings is 1. The fraction of sp³-hybridized carbons (Fsp3) is 0.500. The van der Waals surface area contributed by atoms with Crippen molar-refractivity contribution in [2.24, 2.45) is 0 Å². The lowest BCUT2D eigenvalue weighted by atomic mass is 10.3. The number of nitrogens with zero attached hydrogens (tertiary/aromatic N) is 2. The first-order chi connectivity index (χ1) is 8.00. The molecule has 0 radical (unpaired) electrons. The van der Waals surface area contributed by atoms with Crippen molar-refractivity contribution in [1.82, 2.24) is 14.6 Å². The van der Waals surface area contributed by atoms with Crippen LogP contribution in [0.15, 0.2) is 23.4 Å². The zero-order chi connectivity index (χ0) is 12.5. The zero-order valence-electron chi connectivity index (χ0n) is 9.43. The summed E-state index contributed by atoms with van der Waals surface area (Å²) < 4.78 is 38.7. The van der Waals surface area contributed by atoms with Gasteiger partial charge in [0.1, 0.15) is 10.7 Å². The van der Waals surface area contributed by atoms with E-state index in [0.717, 1.165) is 12.3 Å². The SMILES string of the molecule is C[C@H]1CN(S(=O)(=O)c2cncc(F)c2)CCN1. The van der Waals surface area contributed by atoms with Crippen molar-refractivity contribution in [1.29, 1.82) is 0 Å². The van der Waals surface area contributed by atoms with Crippen LogP contribution in [0.25, 0.3) is 0 Å². The molecule has 1 N–H and O–H groups in total. The highest BCUT2D eigenvalue weighted by atomic mass is 32.2. The standard InChI is InChI=1S/C10H14FN3O2S/c1-8-7-14(3-2-13-8)17(15,16)10-4-9(11)5-12-6-10/h4-6,8,13H,2-3,7H2,1H3/t8-/m0/s1. The third-order valence-electron chi connectivity index (χ3n) is 2.65. The van der Waals surface area contributed by atoms with Crippen LogP contribution in [0.5, 0.6) is 0 Å². The summed E-state index contributed by atoms with van der Waals surface area (Å²) in [5, 5.41) is 3.15. The molecule has 1 atom stereocenters. The highest BCUT2D eigenvalue weighted by Gasteiger charge is 2.28. The molecule has 1 aromatic heterocycles. The second kappa shape index (κ2) is 4.67. The normalized spacial score (nSPS) is 22.6. The van der Waals surface area contributed by atoms with E-state index in [1.54, 1.807) is 0 Å². The summed E-state index contributed by atoms with van der Waals surface area (Å²) >= 11 is 0. The van der Waals surface area contributed by atoms with E-state index in [2.05, 4.69) is 10.3 Å². The van der Waals surface area contributed by atoms with Crippen LogP contribution < -0.4 is 5.32 Å². The number of aromatic nitrogens is 1. The van der Waals surface area contributed by atoms with Crippen LogP contribution in [-0.4, -0.2) is 43.4 Å². The summed E-state index contributed by atoms with van der Waals surface area (Å²) in [6.45, 7) is 3.29. The highest BCUT2D eigenvalue weighted by Crippen LogP contribution is 2.16. The first-order valence-corrected chi connectivity index (χ1v) is 6.78. The Labute approximate surface area is 99.7 Å². The van der Waals surface area contributed by atoms with Crippen LogP contribution in [-0.2, 0) is 10.0 Å². The van der Waals surface area contributed by atoms with Crippen LogP contribution in [0.1, 0.15) is 6.92 Å². The molecular formula is C10H14FN3O2S. The van der Waals surface area contributed by atoms with Crippen LogP contribution in [0.3, 0.4) is 0 Å². The summed E-state index contributed by atoms with van der Waals surface area (Å²) in [6, 6.07) is 1.09. The van der Waals surface area contributed by atoms with Gasteiger partial charge in [0, 0.05) is 31.9 Å². The first kappa shape index (κ1) is 12.4. The van der Waals surface area contributed by atoms with Crippen LogP contribution in [0.4, 0.5) is 4.39 Å². The van der Waals surface area contributed by atoms with Crippen molar-refractivity contribution in [3.8, 4) is 0 Å². The predicted octanol–water partition coefficient (Wildman–Crippen LogP) is 0.203. The van der Waals surface area contributed by atoms with Gasteiger partial charge in [0.15, 0.2) is 0 Å². The molecule has 17 heavy (non-hydrogen) atoms. The van der Waals surface area contributed by atoms with Gasteiger partial charge in [0.25, 0.3) is 0 Å². The van der Waals surface area contributed by atoms with Gasteiger partial charge in [-0.15, -0.1) is 0 Å². The first-order valence-electron chi connectivity index (χ1n) is 5.34. The molecular weight excluding hydrogens is 245 g/mol. The van der Waals surface area contributed by atoms with E-state index in [9.17, 15) is 12.8 Å². The smallest absolute Gasteiger partial charge is 0.244 e. The summed E-state index contributed by atoms with van der Waals surface area (Å²) in [6.07, 6.45) is 2.16. The molecule has 1 aliphatic rings. The molecule has 7 heteroatoms. The molecule has 0 bridgehead atoms. The van der Waals surface area contributed by atoms with Crippen molar-refractivity contribution in [2.75, 3.05) is 19.6 Å². The number of nitrogens with one attached hydrogen (secondary N) is 1. The van der Waals surface area contributed by atoms with Gasteiger partial charge in [-0.1, -0.05) is 0 Å². The third-order valence-corrected chi connectivity index (χ3v) is 4.48. The van der Waals surface area contributed by atoms with Gasteiger partial charge >= 0.3 is 0 Å². The molecule has 0 amide bonds. The quantitative estimate of drug-likeness (QED) is 0.824. The average molecular weight is 259 g/mol. The Morgan fingerprint density at radius 2 is 2.29 bits per heavy atom. The Bertz CT molecular complexity index is 506. The lowest BCUT2D eigenvalue weighted by Crippen LogP contribution is -2.51. The van der Waals surface area contributed by atoms with Crippen molar-refractivity contribution in [2.45, 2.75) is 17.9 Å². The van der Waals surface area contributed by atoms with Gasteiger partial charge in [-0.3, -0.25) is 4.98 Å². The van der Waals surface area contributed by atoms with E-state index in [4.69, 9.17) is 0 Å². The average Bonchev–Trinajstić information content (AvgIpc) is 2.29. The number of sulfonamides is 1. The predicted molar refractivity (Wildman–Crippen MR) is 60.4 cm³/mol. The molecule has 94 valence electrons. The van der Waals surface area contributed by atoms with Crippen molar-refractivity contribution in [3.63, 3.8) is 0 Å². The van der Waals surface area contributed by atoms with E-state index in [-0.39, 0.29) is 10.9 Å². The van der Waals surface area contributed by atoms with Crippen molar-refractivity contribution >= 4 is 10.0 Å². The second-order valence-electron chi connectivity index (χ2n) is 4.06. The molecule has 1 saturated heterocycles. The van der Waals surface area contributed by atoms with Gasteiger partial charge in [-0.05, 0) is 13.0 Å². The van der Waals surface area contributed by atoms with Crippen molar-refractivity contribution < 1.29 is 12.8 Å². The number of halogens is 1. The second-order valence-corrected chi connectivity index (χ2v) is 6.00. The highest BCUT2D eigenvalue weighted by molar-refractivity contribution is 7.89. The summed E-state index contributed by atoms with van der Waals surface area (Å²) in [7, 11) is -3.63. The Hall–Kier alpha value is -1.05. The summed E-state index contributed by atoms with van der Waals surface area (Å²) in [5.41, 5.74) is 0.